The summed E-state index contributed by atoms with van der Waals surface area (Å²) in [6, 6.07) is 10.7. The van der Waals surface area contributed by atoms with Gasteiger partial charge in [-0.2, -0.15) is 0 Å². The van der Waals surface area contributed by atoms with Crippen molar-refractivity contribution in [3.05, 3.63) is 64.9 Å². The second-order valence-corrected chi connectivity index (χ2v) is 4.18. The maximum atomic E-state index is 11.9. The van der Waals surface area contributed by atoms with Crippen LogP contribution in [0.4, 0.5) is 0 Å². The monoisotopic (exact) mass is 247 g/mol. The van der Waals surface area contributed by atoms with Crippen LogP contribution in [0, 0.1) is 6.92 Å². The number of hydrogen-bond acceptors (Lipinski definition) is 1. The Labute approximate surface area is 105 Å². The van der Waals surface area contributed by atoms with E-state index in [0.29, 0.717) is 10.6 Å². The van der Waals surface area contributed by atoms with E-state index in [1.54, 1.807) is 35.1 Å². The van der Waals surface area contributed by atoms with Crippen LogP contribution >= 0.6 is 11.6 Å². The second-order valence-electron chi connectivity index (χ2n) is 3.74. The number of benzene rings is 1. The molecule has 3 nitrogen and oxygen atoms in total. The van der Waals surface area contributed by atoms with Gasteiger partial charge in [0.15, 0.2) is 6.20 Å². The summed E-state index contributed by atoms with van der Waals surface area (Å²) in [5.41, 5.74) is 4.35. The number of aryl methyl sites for hydroxylation is 1. The molecule has 1 heterocycles. The molecule has 0 radical (unpaired) electrons. The molecular formula is C13H12ClN2O+. The summed E-state index contributed by atoms with van der Waals surface area (Å²) in [5, 5.41) is 0.548. The summed E-state index contributed by atoms with van der Waals surface area (Å²) in [6.45, 7) is 1.96. The Morgan fingerprint density at radius 1 is 1.29 bits per heavy atom. The van der Waals surface area contributed by atoms with Crippen molar-refractivity contribution in [3.63, 3.8) is 0 Å². The van der Waals surface area contributed by atoms with E-state index >= 15 is 0 Å². The fraction of sp³-hybridized carbons (Fsp3) is 0.0769. The van der Waals surface area contributed by atoms with Crippen LogP contribution in [-0.2, 0) is 0 Å². The van der Waals surface area contributed by atoms with Gasteiger partial charge in [0.1, 0.15) is 0 Å². The van der Waals surface area contributed by atoms with E-state index in [-0.39, 0.29) is 5.91 Å². The van der Waals surface area contributed by atoms with Gasteiger partial charge in [-0.15, -0.1) is 5.43 Å². The first kappa shape index (κ1) is 11.6. The van der Waals surface area contributed by atoms with E-state index in [1.807, 2.05) is 25.3 Å². The molecule has 0 fully saturated rings. The third-order valence-corrected chi connectivity index (χ3v) is 2.50. The minimum atomic E-state index is -0.192. The van der Waals surface area contributed by atoms with Gasteiger partial charge in [0.2, 0.25) is 6.20 Å². The molecular weight excluding hydrogens is 236 g/mol. The summed E-state index contributed by atoms with van der Waals surface area (Å²) in [6.07, 6.45) is 3.61. The van der Waals surface area contributed by atoms with Gasteiger partial charge in [0.25, 0.3) is 0 Å². The third kappa shape index (κ3) is 3.04. The lowest BCUT2D eigenvalue weighted by Gasteiger charge is -2.00. The van der Waals surface area contributed by atoms with Crippen molar-refractivity contribution in [2.45, 2.75) is 6.92 Å². The fourth-order valence-electron chi connectivity index (χ4n) is 1.47. The van der Waals surface area contributed by atoms with Crippen LogP contribution in [0.5, 0.6) is 0 Å². The van der Waals surface area contributed by atoms with Crippen LogP contribution in [0.3, 0.4) is 0 Å². The quantitative estimate of drug-likeness (QED) is 0.812. The molecule has 1 aromatic carbocycles. The first-order valence-corrected chi connectivity index (χ1v) is 5.58. The van der Waals surface area contributed by atoms with Crippen molar-refractivity contribution in [3.8, 4) is 0 Å². The van der Waals surface area contributed by atoms with Crippen LogP contribution in [0.2, 0.25) is 5.02 Å². The van der Waals surface area contributed by atoms with Crippen molar-refractivity contribution >= 4 is 17.5 Å². The number of aromatic nitrogens is 1. The minimum absolute atomic E-state index is 0.192. The highest BCUT2D eigenvalue weighted by Crippen LogP contribution is 2.10. The van der Waals surface area contributed by atoms with Crippen molar-refractivity contribution < 1.29 is 9.47 Å². The molecule has 0 aliphatic rings. The van der Waals surface area contributed by atoms with Crippen LogP contribution in [0.15, 0.2) is 48.8 Å². The highest BCUT2D eigenvalue weighted by molar-refractivity contribution is 6.31. The fourth-order valence-corrected chi connectivity index (χ4v) is 1.66. The smallest absolute Gasteiger partial charge is 0.264 e. The molecule has 1 amide bonds. The van der Waals surface area contributed by atoms with Gasteiger partial charge < -0.3 is 0 Å². The molecule has 4 heteroatoms. The first-order chi connectivity index (χ1) is 8.15. The summed E-state index contributed by atoms with van der Waals surface area (Å²) in [7, 11) is 0. The van der Waals surface area contributed by atoms with Crippen molar-refractivity contribution in [2.24, 2.45) is 0 Å². The van der Waals surface area contributed by atoms with E-state index in [4.69, 9.17) is 11.6 Å². The Morgan fingerprint density at radius 2 is 2.12 bits per heavy atom. The predicted molar refractivity (Wildman–Crippen MR) is 66.5 cm³/mol. The molecule has 86 valence electrons. The summed E-state index contributed by atoms with van der Waals surface area (Å²) in [4.78, 5) is 11.9. The van der Waals surface area contributed by atoms with Gasteiger partial charge >= 0.3 is 5.91 Å². The molecule has 17 heavy (non-hydrogen) atoms. The molecule has 0 aliphatic carbocycles. The Kier molecular flexibility index (Phi) is 3.40. The molecule has 0 saturated heterocycles. The van der Waals surface area contributed by atoms with E-state index < -0.39 is 0 Å². The van der Waals surface area contributed by atoms with Crippen LogP contribution < -0.4 is 10.1 Å². The SMILES string of the molecule is Cc1ccc[n+](NC(=O)c2cccc(Cl)c2)c1. The number of halogens is 1. The van der Waals surface area contributed by atoms with Crippen molar-refractivity contribution in [2.75, 3.05) is 5.43 Å². The lowest BCUT2D eigenvalue weighted by atomic mass is 10.2. The van der Waals surface area contributed by atoms with Crippen LogP contribution in [0.25, 0.3) is 0 Å². The summed E-state index contributed by atoms with van der Waals surface area (Å²) >= 11 is 5.83. The second kappa shape index (κ2) is 4.97. The van der Waals surface area contributed by atoms with Gasteiger partial charge in [-0.1, -0.05) is 22.3 Å². The number of nitrogens with one attached hydrogen (secondary N) is 1. The maximum Gasteiger partial charge on any atom is 0.305 e. The molecule has 1 aromatic heterocycles. The Morgan fingerprint density at radius 3 is 2.82 bits per heavy atom. The molecule has 1 N–H and O–H groups in total. The summed E-state index contributed by atoms with van der Waals surface area (Å²) in [5.74, 6) is -0.192. The number of pyridine rings is 1. The van der Waals surface area contributed by atoms with Gasteiger partial charge in [-0.05, 0) is 31.2 Å². The maximum absolute atomic E-state index is 11.9. The highest BCUT2D eigenvalue weighted by Gasteiger charge is 2.10. The van der Waals surface area contributed by atoms with Gasteiger partial charge in [0, 0.05) is 22.2 Å². The molecule has 2 rings (SSSR count). The van der Waals surface area contributed by atoms with E-state index in [9.17, 15) is 4.79 Å². The summed E-state index contributed by atoms with van der Waals surface area (Å²) < 4.78 is 1.62. The minimum Gasteiger partial charge on any atom is -0.264 e. The number of hydrogen-bond donors (Lipinski definition) is 1. The number of nitrogens with zero attached hydrogens (tertiary/aromatic N) is 1. The Bertz CT molecular complexity index is 555. The predicted octanol–water partition coefficient (Wildman–Crippen LogP) is 2.32. The highest BCUT2D eigenvalue weighted by atomic mass is 35.5. The average molecular weight is 248 g/mol. The van der Waals surface area contributed by atoms with Gasteiger partial charge in [-0.3, -0.25) is 4.79 Å². The van der Waals surface area contributed by atoms with Crippen molar-refractivity contribution in [1.29, 1.82) is 0 Å². The molecule has 0 aliphatic heterocycles. The molecule has 2 aromatic rings. The number of carbonyl (C=O) groups excluding carboxylic acids is 1. The van der Waals surface area contributed by atoms with Crippen LogP contribution in [0.1, 0.15) is 15.9 Å². The van der Waals surface area contributed by atoms with Crippen molar-refractivity contribution in [1.82, 2.24) is 0 Å². The van der Waals surface area contributed by atoms with E-state index in [1.165, 1.54) is 0 Å². The molecule has 0 spiro atoms. The zero-order chi connectivity index (χ0) is 12.3. The third-order valence-electron chi connectivity index (χ3n) is 2.27. The molecule has 0 saturated carbocycles. The number of amides is 1. The molecule has 0 atom stereocenters. The first-order valence-electron chi connectivity index (χ1n) is 5.20. The molecule has 0 unspecified atom stereocenters. The van der Waals surface area contributed by atoms with E-state index in [0.717, 1.165) is 5.56 Å². The van der Waals surface area contributed by atoms with Gasteiger partial charge in [-0.25, -0.2) is 0 Å². The lowest BCUT2D eigenvalue weighted by molar-refractivity contribution is -0.641. The Balaban J connectivity index is 2.17. The normalized spacial score (nSPS) is 10.0. The Hall–Kier alpha value is -1.87. The van der Waals surface area contributed by atoms with E-state index in [2.05, 4.69) is 5.43 Å². The molecule has 0 bridgehead atoms. The van der Waals surface area contributed by atoms with Gasteiger partial charge in [0.05, 0.1) is 0 Å². The zero-order valence-electron chi connectivity index (χ0n) is 9.35. The standard InChI is InChI=1S/C13H11ClN2O/c1-10-4-3-7-16(9-10)15-13(17)11-5-2-6-12(14)8-11/h2-9H,1H3/p+1. The van der Waals surface area contributed by atoms with Crippen LogP contribution in [-0.4, -0.2) is 5.91 Å². The average Bonchev–Trinajstić information content (AvgIpc) is 2.29. The zero-order valence-corrected chi connectivity index (χ0v) is 10.1. The lowest BCUT2D eigenvalue weighted by Crippen LogP contribution is -2.47. The topological polar surface area (TPSA) is 33.0 Å². The number of rotatable bonds is 2. The number of carbonyl (C=O) groups is 1. The largest absolute Gasteiger partial charge is 0.305 e.